The molecule has 0 aliphatic carbocycles. The first-order valence-corrected chi connectivity index (χ1v) is 8.67. The highest BCUT2D eigenvalue weighted by atomic mass is 16.2. The van der Waals surface area contributed by atoms with Crippen LogP contribution in [-0.4, -0.2) is 23.9 Å². The van der Waals surface area contributed by atoms with Crippen molar-refractivity contribution in [2.45, 2.75) is 59.4 Å². The Labute approximate surface area is 145 Å². The van der Waals surface area contributed by atoms with Gasteiger partial charge in [-0.3, -0.25) is 9.59 Å². The van der Waals surface area contributed by atoms with E-state index in [1.54, 1.807) is 24.3 Å². The Morgan fingerprint density at radius 3 is 1.96 bits per heavy atom. The van der Waals surface area contributed by atoms with Crippen LogP contribution in [0.3, 0.4) is 0 Å². The van der Waals surface area contributed by atoms with Crippen molar-refractivity contribution in [2.75, 3.05) is 11.9 Å². The van der Waals surface area contributed by atoms with Gasteiger partial charge < -0.3 is 16.4 Å². The van der Waals surface area contributed by atoms with Gasteiger partial charge >= 0.3 is 0 Å². The maximum atomic E-state index is 12.5. The summed E-state index contributed by atoms with van der Waals surface area (Å²) < 4.78 is 0. The van der Waals surface area contributed by atoms with Gasteiger partial charge in [0.05, 0.1) is 5.41 Å². The molecule has 1 aromatic rings. The molecule has 1 rings (SSSR count). The summed E-state index contributed by atoms with van der Waals surface area (Å²) >= 11 is 0. The molecule has 0 spiro atoms. The predicted molar refractivity (Wildman–Crippen MR) is 99.0 cm³/mol. The van der Waals surface area contributed by atoms with Gasteiger partial charge in [0.15, 0.2) is 0 Å². The molecule has 4 N–H and O–H groups in total. The van der Waals surface area contributed by atoms with Crippen molar-refractivity contribution in [3.8, 4) is 0 Å². The van der Waals surface area contributed by atoms with Crippen LogP contribution < -0.4 is 16.4 Å². The van der Waals surface area contributed by atoms with Crippen molar-refractivity contribution >= 4 is 17.5 Å². The number of nitrogens with one attached hydrogen (secondary N) is 2. The molecular weight excluding hydrogens is 302 g/mol. The minimum Gasteiger partial charge on any atom is -0.347 e. The van der Waals surface area contributed by atoms with Gasteiger partial charge in [0.2, 0.25) is 5.91 Å². The first-order valence-electron chi connectivity index (χ1n) is 8.67. The number of benzene rings is 1. The number of anilines is 1. The largest absolute Gasteiger partial charge is 0.347 e. The molecule has 2 amide bonds. The fraction of sp³-hybridized carbons (Fsp3) is 0.579. The maximum absolute atomic E-state index is 12.5. The molecule has 5 heteroatoms. The second-order valence-electron chi connectivity index (χ2n) is 6.91. The summed E-state index contributed by atoms with van der Waals surface area (Å²) in [6.45, 7) is 10.3. The topological polar surface area (TPSA) is 84.2 Å². The number of hydrogen-bond donors (Lipinski definition) is 3. The van der Waals surface area contributed by atoms with E-state index < -0.39 is 5.41 Å². The first kappa shape index (κ1) is 20.2. The molecule has 0 bridgehead atoms. The van der Waals surface area contributed by atoms with E-state index >= 15 is 0 Å². The fourth-order valence-electron chi connectivity index (χ4n) is 2.39. The molecule has 5 nitrogen and oxygen atoms in total. The molecule has 0 heterocycles. The molecule has 0 aromatic heterocycles. The highest BCUT2D eigenvalue weighted by Gasteiger charge is 2.33. The highest BCUT2D eigenvalue weighted by molar-refractivity contribution is 5.97. The number of carbonyl (C=O) groups is 2. The lowest BCUT2D eigenvalue weighted by Gasteiger charge is -2.28. The van der Waals surface area contributed by atoms with Gasteiger partial charge in [0.1, 0.15) is 0 Å². The smallest absolute Gasteiger partial charge is 0.251 e. The van der Waals surface area contributed by atoms with Gasteiger partial charge in [-0.25, -0.2) is 0 Å². The minimum atomic E-state index is -0.540. The van der Waals surface area contributed by atoms with Gasteiger partial charge in [-0.05, 0) is 57.4 Å². The van der Waals surface area contributed by atoms with Crippen molar-refractivity contribution in [3.63, 3.8) is 0 Å². The van der Waals surface area contributed by atoms with Crippen molar-refractivity contribution in [2.24, 2.45) is 11.1 Å². The Hall–Kier alpha value is -1.88. The lowest BCUT2D eigenvalue weighted by atomic mass is 9.81. The second kappa shape index (κ2) is 8.29. The molecule has 1 aromatic carbocycles. The Morgan fingerprint density at radius 2 is 1.54 bits per heavy atom. The van der Waals surface area contributed by atoms with Gasteiger partial charge in [0, 0.05) is 23.3 Å². The molecule has 0 fully saturated rings. The SMILES string of the molecule is CCC(C)(C)NC(=O)c1ccc(NC(=O)C(CC)(CC)CN)cc1. The molecule has 0 atom stereocenters. The van der Waals surface area contributed by atoms with Crippen LogP contribution in [0.4, 0.5) is 5.69 Å². The highest BCUT2D eigenvalue weighted by Crippen LogP contribution is 2.27. The average molecular weight is 333 g/mol. The molecular formula is C19H31N3O2. The Balaban J connectivity index is 2.81. The number of rotatable bonds is 8. The third kappa shape index (κ3) is 4.81. The van der Waals surface area contributed by atoms with Crippen LogP contribution in [-0.2, 0) is 4.79 Å². The lowest BCUT2D eigenvalue weighted by Crippen LogP contribution is -2.42. The lowest BCUT2D eigenvalue weighted by molar-refractivity contribution is -0.125. The van der Waals surface area contributed by atoms with Crippen LogP contribution in [0.25, 0.3) is 0 Å². The van der Waals surface area contributed by atoms with E-state index in [1.807, 2.05) is 34.6 Å². The quantitative estimate of drug-likeness (QED) is 0.682. The number of carbonyl (C=O) groups excluding carboxylic acids is 2. The maximum Gasteiger partial charge on any atom is 0.251 e. The van der Waals surface area contributed by atoms with E-state index in [1.165, 1.54) is 0 Å². The van der Waals surface area contributed by atoms with Crippen molar-refractivity contribution in [1.29, 1.82) is 0 Å². The molecule has 0 unspecified atom stereocenters. The molecule has 0 saturated carbocycles. The van der Waals surface area contributed by atoms with Crippen LogP contribution in [0.15, 0.2) is 24.3 Å². The van der Waals surface area contributed by atoms with E-state index in [0.29, 0.717) is 30.6 Å². The zero-order valence-electron chi connectivity index (χ0n) is 15.5. The summed E-state index contributed by atoms with van der Waals surface area (Å²) in [7, 11) is 0. The molecule has 0 radical (unpaired) electrons. The van der Waals surface area contributed by atoms with Crippen molar-refractivity contribution < 1.29 is 9.59 Å². The van der Waals surface area contributed by atoms with Crippen LogP contribution >= 0.6 is 0 Å². The predicted octanol–water partition coefficient (Wildman–Crippen LogP) is 3.31. The van der Waals surface area contributed by atoms with Crippen LogP contribution in [0, 0.1) is 5.41 Å². The van der Waals surface area contributed by atoms with E-state index in [9.17, 15) is 9.59 Å². The number of amides is 2. The average Bonchev–Trinajstić information content (AvgIpc) is 2.57. The monoisotopic (exact) mass is 333 g/mol. The minimum absolute atomic E-state index is 0.0701. The molecule has 24 heavy (non-hydrogen) atoms. The zero-order valence-corrected chi connectivity index (χ0v) is 15.5. The molecule has 0 saturated heterocycles. The van der Waals surface area contributed by atoms with Crippen LogP contribution in [0.1, 0.15) is 64.2 Å². The van der Waals surface area contributed by atoms with E-state index in [-0.39, 0.29) is 17.4 Å². The summed E-state index contributed by atoms with van der Waals surface area (Å²) in [6, 6.07) is 6.94. The second-order valence-corrected chi connectivity index (χ2v) is 6.91. The van der Waals surface area contributed by atoms with Gasteiger partial charge in [-0.2, -0.15) is 0 Å². The Morgan fingerprint density at radius 1 is 1.00 bits per heavy atom. The van der Waals surface area contributed by atoms with Crippen LogP contribution in [0.5, 0.6) is 0 Å². The fourth-order valence-corrected chi connectivity index (χ4v) is 2.39. The van der Waals surface area contributed by atoms with E-state index in [0.717, 1.165) is 6.42 Å². The van der Waals surface area contributed by atoms with E-state index in [4.69, 9.17) is 5.73 Å². The van der Waals surface area contributed by atoms with Gasteiger partial charge in [-0.1, -0.05) is 20.8 Å². The zero-order chi connectivity index (χ0) is 18.4. The van der Waals surface area contributed by atoms with Gasteiger partial charge in [0.25, 0.3) is 5.91 Å². The summed E-state index contributed by atoms with van der Waals surface area (Å²) in [5, 5.41) is 5.90. The third-order valence-electron chi connectivity index (χ3n) is 4.97. The summed E-state index contributed by atoms with van der Waals surface area (Å²) in [5.74, 6) is -0.183. The van der Waals surface area contributed by atoms with Gasteiger partial charge in [-0.15, -0.1) is 0 Å². The summed E-state index contributed by atoms with van der Waals surface area (Å²) in [6.07, 6.45) is 2.24. The number of hydrogen-bond acceptors (Lipinski definition) is 3. The van der Waals surface area contributed by atoms with E-state index in [2.05, 4.69) is 10.6 Å². The van der Waals surface area contributed by atoms with Crippen molar-refractivity contribution in [3.05, 3.63) is 29.8 Å². The third-order valence-corrected chi connectivity index (χ3v) is 4.97. The standard InChI is InChI=1S/C19H31N3O2/c1-6-18(4,5)22-16(23)14-9-11-15(12-10-14)21-17(24)19(7-2,8-3)13-20/h9-12H,6-8,13,20H2,1-5H3,(H,21,24)(H,22,23). The normalized spacial score (nSPS) is 11.9. The molecule has 0 aliphatic heterocycles. The summed E-state index contributed by atoms with van der Waals surface area (Å²) in [5.41, 5.74) is 6.27. The first-order chi connectivity index (χ1) is 11.2. The van der Waals surface area contributed by atoms with Crippen LogP contribution in [0.2, 0.25) is 0 Å². The summed E-state index contributed by atoms with van der Waals surface area (Å²) in [4.78, 5) is 24.7. The molecule has 134 valence electrons. The molecule has 0 aliphatic rings. The Bertz CT molecular complexity index is 552. The Kier molecular flexibility index (Phi) is 6.96. The van der Waals surface area contributed by atoms with Crippen molar-refractivity contribution in [1.82, 2.24) is 5.32 Å². The number of nitrogens with two attached hydrogens (primary N) is 1.